The third kappa shape index (κ3) is 4.79. The van der Waals surface area contributed by atoms with Gasteiger partial charge in [0.2, 0.25) is 11.9 Å². The summed E-state index contributed by atoms with van der Waals surface area (Å²) in [5.74, 6) is 1.31. The van der Waals surface area contributed by atoms with E-state index in [4.69, 9.17) is 11.6 Å². The first-order chi connectivity index (χ1) is 14.1. The van der Waals surface area contributed by atoms with E-state index < -0.39 is 0 Å². The zero-order valence-corrected chi connectivity index (χ0v) is 17.4. The first-order valence-corrected chi connectivity index (χ1v) is 10.6. The second-order valence-corrected chi connectivity index (χ2v) is 7.94. The second kappa shape index (κ2) is 8.96. The number of likely N-dealkylation sites (tertiary alicyclic amines) is 1. The van der Waals surface area contributed by atoms with Crippen LogP contribution in [0.1, 0.15) is 37.4 Å². The van der Waals surface area contributed by atoms with E-state index in [1.807, 2.05) is 22.7 Å². The molecule has 2 aromatic heterocycles. The maximum Gasteiger partial charge on any atom is 0.229 e. The molecule has 4 heterocycles. The van der Waals surface area contributed by atoms with E-state index in [0.29, 0.717) is 35.8 Å². The van der Waals surface area contributed by atoms with E-state index >= 15 is 0 Å². The second-order valence-electron chi connectivity index (χ2n) is 7.53. The van der Waals surface area contributed by atoms with E-state index in [1.54, 1.807) is 6.20 Å². The first kappa shape index (κ1) is 19.9. The highest BCUT2D eigenvalue weighted by molar-refractivity contribution is 6.32. The molecule has 29 heavy (non-hydrogen) atoms. The van der Waals surface area contributed by atoms with Crippen LogP contribution in [-0.4, -0.2) is 63.3 Å². The lowest BCUT2D eigenvalue weighted by Gasteiger charge is -2.15. The molecule has 2 fully saturated rings. The summed E-state index contributed by atoms with van der Waals surface area (Å²) in [6, 6.07) is 0.384. The molecule has 0 saturated carbocycles. The van der Waals surface area contributed by atoms with Crippen LogP contribution in [0.3, 0.4) is 0 Å². The summed E-state index contributed by atoms with van der Waals surface area (Å²) in [6.45, 7) is 6.24. The van der Waals surface area contributed by atoms with Crippen LogP contribution < -0.4 is 16.0 Å². The molecule has 10 heteroatoms. The minimum Gasteiger partial charge on any atom is -0.369 e. The van der Waals surface area contributed by atoms with E-state index in [0.717, 1.165) is 56.8 Å². The van der Waals surface area contributed by atoms with Gasteiger partial charge >= 0.3 is 0 Å². The molecular formula is C19H27ClN8O. The van der Waals surface area contributed by atoms with Gasteiger partial charge in [-0.25, -0.2) is 4.98 Å². The molecular weight excluding hydrogens is 392 g/mol. The van der Waals surface area contributed by atoms with Crippen molar-refractivity contribution in [2.45, 2.75) is 38.6 Å². The lowest BCUT2D eigenvalue weighted by Crippen LogP contribution is -2.27. The SMILES string of the molecule is Cc1nn(C2CCNC2)cc1Nc1ncc(Cl)c(NCCCN2CCCC2=O)n1. The molecule has 1 unspecified atom stereocenters. The van der Waals surface area contributed by atoms with Crippen LogP contribution in [0.5, 0.6) is 0 Å². The number of aromatic nitrogens is 4. The molecule has 2 saturated heterocycles. The van der Waals surface area contributed by atoms with Crippen molar-refractivity contribution in [2.75, 3.05) is 43.4 Å². The molecule has 156 valence electrons. The Morgan fingerprint density at radius 1 is 1.41 bits per heavy atom. The average Bonchev–Trinajstić information content (AvgIpc) is 3.44. The van der Waals surface area contributed by atoms with Gasteiger partial charge in [0.15, 0.2) is 0 Å². The van der Waals surface area contributed by atoms with Crippen molar-refractivity contribution in [2.24, 2.45) is 0 Å². The topological polar surface area (TPSA) is 100 Å². The van der Waals surface area contributed by atoms with Crippen molar-refractivity contribution in [1.29, 1.82) is 0 Å². The van der Waals surface area contributed by atoms with Crippen LogP contribution in [-0.2, 0) is 4.79 Å². The van der Waals surface area contributed by atoms with Gasteiger partial charge in [0, 0.05) is 38.8 Å². The number of aryl methyl sites for hydroxylation is 1. The molecule has 1 amide bonds. The zero-order valence-electron chi connectivity index (χ0n) is 16.6. The van der Waals surface area contributed by atoms with Gasteiger partial charge in [-0.1, -0.05) is 11.6 Å². The van der Waals surface area contributed by atoms with E-state index in [2.05, 4.69) is 31.0 Å². The van der Waals surface area contributed by atoms with Gasteiger partial charge in [-0.3, -0.25) is 9.48 Å². The van der Waals surface area contributed by atoms with Crippen LogP contribution in [0.4, 0.5) is 17.5 Å². The Balaban J connectivity index is 1.35. The number of nitrogens with one attached hydrogen (secondary N) is 3. The van der Waals surface area contributed by atoms with Crippen LogP contribution in [0.15, 0.2) is 12.4 Å². The smallest absolute Gasteiger partial charge is 0.229 e. The van der Waals surface area contributed by atoms with Gasteiger partial charge in [0.05, 0.1) is 23.6 Å². The Kier molecular flexibility index (Phi) is 6.15. The molecule has 0 radical (unpaired) electrons. The maximum absolute atomic E-state index is 11.7. The van der Waals surface area contributed by atoms with Crippen molar-refractivity contribution in [3.8, 4) is 0 Å². The summed E-state index contributed by atoms with van der Waals surface area (Å²) in [6.07, 6.45) is 7.15. The van der Waals surface area contributed by atoms with Crippen LogP contribution >= 0.6 is 11.6 Å². The minimum atomic E-state index is 0.251. The fraction of sp³-hybridized carbons (Fsp3) is 0.579. The molecule has 1 atom stereocenters. The molecule has 9 nitrogen and oxygen atoms in total. The zero-order chi connectivity index (χ0) is 20.2. The van der Waals surface area contributed by atoms with Gasteiger partial charge < -0.3 is 20.9 Å². The molecule has 2 aliphatic rings. The number of rotatable bonds is 8. The fourth-order valence-corrected chi connectivity index (χ4v) is 3.90. The third-order valence-corrected chi connectivity index (χ3v) is 5.66. The van der Waals surface area contributed by atoms with E-state index in [1.165, 1.54) is 0 Å². The van der Waals surface area contributed by atoms with Crippen molar-refractivity contribution in [3.63, 3.8) is 0 Å². The molecule has 3 N–H and O–H groups in total. The quantitative estimate of drug-likeness (QED) is 0.565. The van der Waals surface area contributed by atoms with Crippen molar-refractivity contribution >= 4 is 35.0 Å². The van der Waals surface area contributed by atoms with Gasteiger partial charge in [0.1, 0.15) is 10.8 Å². The minimum absolute atomic E-state index is 0.251. The lowest BCUT2D eigenvalue weighted by atomic mass is 10.3. The highest BCUT2D eigenvalue weighted by Gasteiger charge is 2.20. The van der Waals surface area contributed by atoms with Crippen molar-refractivity contribution in [3.05, 3.63) is 23.1 Å². The van der Waals surface area contributed by atoms with Crippen LogP contribution in [0.25, 0.3) is 0 Å². The Morgan fingerprint density at radius 2 is 2.31 bits per heavy atom. The van der Waals surface area contributed by atoms with Gasteiger partial charge in [0.25, 0.3) is 0 Å². The van der Waals surface area contributed by atoms with Crippen LogP contribution in [0, 0.1) is 6.92 Å². The summed E-state index contributed by atoms with van der Waals surface area (Å²) in [7, 11) is 0. The largest absolute Gasteiger partial charge is 0.369 e. The predicted molar refractivity (Wildman–Crippen MR) is 113 cm³/mol. The maximum atomic E-state index is 11.7. The molecule has 2 aliphatic heterocycles. The summed E-state index contributed by atoms with van der Waals surface area (Å²) >= 11 is 6.25. The number of halogens is 1. The summed E-state index contributed by atoms with van der Waals surface area (Å²) in [5, 5.41) is 14.9. The Labute approximate surface area is 175 Å². The molecule has 4 rings (SSSR count). The molecule has 2 aromatic rings. The van der Waals surface area contributed by atoms with Crippen molar-refractivity contribution in [1.82, 2.24) is 30.0 Å². The summed E-state index contributed by atoms with van der Waals surface area (Å²) < 4.78 is 2.01. The monoisotopic (exact) mass is 418 g/mol. The van der Waals surface area contributed by atoms with Crippen molar-refractivity contribution < 1.29 is 4.79 Å². The molecule has 0 bridgehead atoms. The summed E-state index contributed by atoms with van der Waals surface area (Å²) in [4.78, 5) is 22.4. The molecule has 0 spiro atoms. The van der Waals surface area contributed by atoms with Gasteiger partial charge in [-0.15, -0.1) is 0 Å². The summed E-state index contributed by atoms with van der Waals surface area (Å²) in [5.41, 5.74) is 1.79. The number of hydrogen-bond acceptors (Lipinski definition) is 7. The molecule has 0 aliphatic carbocycles. The van der Waals surface area contributed by atoms with Crippen LogP contribution in [0.2, 0.25) is 5.02 Å². The highest BCUT2D eigenvalue weighted by Crippen LogP contribution is 2.24. The standard InChI is InChI=1S/C19H27ClN8O/c1-13-16(12-28(26-13)14-5-7-21-10-14)24-19-23-11-15(20)18(25-19)22-6-3-9-27-8-2-4-17(27)29/h11-12,14,21H,2-10H2,1H3,(H2,22,23,24,25). The first-order valence-electron chi connectivity index (χ1n) is 10.2. The number of anilines is 3. The van der Waals surface area contributed by atoms with Gasteiger partial charge in [-0.05, 0) is 32.7 Å². The fourth-order valence-electron chi connectivity index (χ4n) is 3.75. The average molecular weight is 419 g/mol. The van der Waals surface area contributed by atoms with Gasteiger partial charge in [-0.2, -0.15) is 10.1 Å². The van der Waals surface area contributed by atoms with E-state index in [9.17, 15) is 4.79 Å². The predicted octanol–water partition coefficient (Wildman–Crippen LogP) is 2.34. The number of hydrogen-bond donors (Lipinski definition) is 3. The normalized spacial score (nSPS) is 19.2. The third-order valence-electron chi connectivity index (χ3n) is 5.38. The number of carbonyl (C=O) groups excluding carboxylic acids is 1. The number of amides is 1. The Morgan fingerprint density at radius 3 is 3.07 bits per heavy atom. The Hall–Kier alpha value is -2.39. The molecule has 0 aromatic carbocycles. The lowest BCUT2D eigenvalue weighted by molar-refractivity contribution is -0.127. The Bertz CT molecular complexity index is 864. The van der Waals surface area contributed by atoms with E-state index in [-0.39, 0.29) is 5.91 Å². The number of carbonyl (C=O) groups is 1. The highest BCUT2D eigenvalue weighted by atomic mass is 35.5. The number of nitrogens with zero attached hydrogens (tertiary/aromatic N) is 5.